The molecule has 0 N–H and O–H groups in total. The zero-order valence-electron chi connectivity index (χ0n) is 6.78. The number of methoxy groups -OCH3 is 1. The zero-order chi connectivity index (χ0) is 8.97. The van der Waals surface area contributed by atoms with Gasteiger partial charge in [0, 0.05) is 23.4 Å². The normalized spacial score (nSPS) is 9.08. The Kier molecular flexibility index (Phi) is 2.58. The molecular weight excluding hydrogens is 154 g/mol. The van der Waals surface area contributed by atoms with E-state index in [-0.39, 0.29) is 0 Å². The quantitative estimate of drug-likeness (QED) is 0.634. The average molecular weight is 163 g/mol. The van der Waals surface area contributed by atoms with Gasteiger partial charge in [0.15, 0.2) is 6.29 Å². The smallest absolute Gasteiger partial charge is 0.213 e. The van der Waals surface area contributed by atoms with Crippen LogP contribution in [-0.2, 0) is 0 Å². The Bertz CT molecular complexity index is 307. The Balaban J connectivity index is 3.18. The Morgan fingerprint density at radius 1 is 1.58 bits per heavy atom. The highest BCUT2D eigenvalue weighted by molar-refractivity contribution is 5.81. The molecule has 0 radical (unpaired) electrons. The van der Waals surface area contributed by atoms with Crippen molar-refractivity contribution in [3.8, 4) is 5.88 Å². The number of nitrogens with zero attached hydrogens (tertiary/aromatic N) is 1. The monoisotopic (exact) mass is 163 g/mol. The molecule has 0 aliphatic rings. The average Bonchev–Trinajstić information content (AvgIpc) is 2.16. The van der Waals surface area contributed by atoms with Gasteiger partial charge in [-0.15, -0.1) is 0 Å². The summed E-state index contributed by atoms with van der Waals surface area (Å²) >= 11 is 0. The van der Waals surface area contributed by atoms with Crippen LogP contribution >= 0.6 is 0 Å². The van der Waals surface area contributed by atoms with Crippen molar-refractivity contribution < 1.29 is 9.53 Å². The van der Waals surface area contributed by atoms with Crippen molar-refractivity contribution in [2.75, 3.05) is 7.11 Å². The molecule has 0 bridgehead atoms. The van der Waals surface area contributed by atoms with Crippen molar-refractivity contribution in [1.82, 2.24) is 4.98 Å². The Morgan fingerprint density at radius 2 is 2.33 bits per heavy atom. The molecule has 0 fully saturated rings. The molecule has 0 aliphatic carbocycles. The van der Waals surface area contributed by atoms with Crippen LogP contribution in [0.15, 0.2) is 18.8 Å². The first-order valence-corrected chi connectivity index (χ1v) is 3.43. The van der Waals surface area contributed by atoms with Gasteiger partial charge in [-0.2, -0.15) is 0 Å². The number of aldehydes is 1. The predicted molar refractivity (Wildman–Crippen MR) is 46.3 cm³/mol. The summed E-state index contributed by atoms with van der Waals surface area (Å²) in [5.74, 6) is 0.433. The second-order valence-electron chi connectivity index (χ2n) is 2.18. The van der Waals surface area contributed by atoms with Crippen LogP contribution in [0.2, 0.25) is 0 Å². The Labute approximate surface area is 70.7 Å². The molecule has 1 rings (SSSR count). The molecule has 0 saturated carbocycles. The van der Waals surface area contributed by atoms with Crippen LogP contribution in [0.5, 0.6) is 5.88 Å². The summed E-state index contributed by atoms with van der Waals surface area (Å²) in [6, 6.07) is 1.57. The molecule has 0 amide bonds. The largest absolute Gasteiger partial charge is 0.481 e. The highest BCUT2D eigenvalue weighted by Crippen LogP contribution is 2.12. The minimum atomic E-state index is 0.433. The number of hydrogen-bond acceptors (Lipinski definition) is 3. The summed E-state index contributed by atoms with van der Waals surface area (Å²) in [6.07, 6.45) is 3.88. The highest BCUT2D eigenvalue weighted by Gasteiger charge is 2.00. The molecule has 0 saturated heterocycles. The molecule has 0 aliphatic heterocycles. The lowest BCUT2D eigenvalue weighted by Gasteiger charge is -2.01. The van der Waals surface area contributed by atoms with Crippen molar-refractivity contribution >= 4 is 12.4 Å². The van der Waals surface area contributed by atoms with E-state index >= 15 is 0 Å². The van der Waals surface area contributed by atoms with Crippen molar-refractivity contribution in [2.24, 2.45) is 0 Å². The molecule has 1 heterocycles. The fraction of sp³-hybridized carbons (Fsp3) is 0.111. The van der Waals surface area contributed by atoms with Crippen LogP contribution in [0.25, 0.3) is 6.08 Å². The van der Waals surface area contributed by atoms with Gasteiger partial charge in [0.1, 0.15) is 0 Å². The van der Waals surface area contributed by atoms with Gasteiger partial charge in [-0.1, -0.05) is 12.7 Å². The first-order valence-electron chi connectivity index (χ1n) is 3.43. The van der Waals surface area contributed by atoms with Crippen LogP contribution in [-0.4, -0.2) is 18.4 Å². The zero-order valence-corrected chi connectivity index (χ0v) is 6.78. The van der Waals surface area contributed by atoms with E-state index in [1.807, 2.05) is 0 Å². The molecule has 1 aromatic heterocycles. The summed E-state index contributed by atoms with van der Waals surface area (Å²) in [4.78, 5) is 14.4. The van der Waals surface area contributed by atoms with Gasteiger partial charge in [0.05, 0.1) is 7.11 Å². The highest BCUT2D eigenvalue weighted by atomic mass is 16.5. The van der Waals surface area contributed by atoms with Gasteiger partial charge in [-0.25, -0.2) is 4.98 Å². The molecule has 0 aromatic carbocycles. The van der Waals surface area contributed by atoms with E-state index in [4.69, 9.17) is 4.74 Å². The maximum atomic E-state index is 10.5. The fourth-order valence-electron chi connectivity index (χ4n) is 0.846. The molecule has 1 aromatic rings. The van der Waals surface area contributed by atoms with Gasteiger partial charge >= 0.3 is 0 Å². The number of pyridine rings is 1. The Morgan fingerprint density at radius 3 is 2.83 bits per heavy atom. The number of ether oxygens (including phenoxy) is 1. The van der Waals surface area contributed by atoms with Gasteiger partial charge in [0.2, 0.25) is 5.88 Å². The standard InChI is InChI=1S/C9H9NO2/c1-3-7-5-10-9(12-2)4-8(7)6-11/h3-6H,1H2,2H3. The van der Waals surface area contributed by atoms with Crippen LogP contribution in [0, 0.1) is 0 Å². The summed E-state index contributed by atoms with van der Waals surface area (Å²) in [5.41, 5.74) is 1.25. The molecule has 3 heteroatoms. The number of rotatable bonds is 3. The van der Waals surface area contributed by atoms with Crippen molar-refractivity contribution in [1.29, 1.82) is 0 Å². The lowest BCUT2D eigenvalue weighted by molar-refractivity contribution is 0.112. The lowest BCUT2D eigenvalue weighted by atomic mass is 10.1. The van der Waals surface area contributed by atoms with E-state index in [0.29, 0.717) is 17.0 Å². The molecule has 0 spiro atoms. The second-order valence-corrected chi connectivity index (χ2v) is 2.18. The minimum Gasteiger partial charge on any atom is -0.481 e. The first kappa shape index (κ1) is 8.46. The van der Waals surface area contributed by atoms with E-state index in [9.17, 15) is 4.79 Å². The van der Waals surface area contributed by atoms with Crippen LogP contribution in [0.3, 0.4) is 0 Å². The summed E-state index contributed by atoms with van der Waals surface area (Å²) in [6.45, 7) is 3.56. The van der Waals surface area contributed by atoms with Crippen molar-refractivity contribution in [3.05, 3.63) is 30.0 Å². The van der Waals surface area contributed by atoms with Crippen LogP contribution in [0.1, 0.15) is 15.9 Å². The molecule has 0 atom stereocenters. The van der Waals surface area contributed by atoms with Crippen molar-refractivity contribution in [3.63, 3.8) is 0 Å². The third-order valence-corrected chi connectivity index (χ3v) is 1.50. The van der Waals surface area contributed by atoms with Gasteiger partial charge in [0.25, 0.3) is 0 Å². The topological polar surface area (TPSA) is 39.2 Å². The number of hydrogen-bond donors (Lipinski definition) is 0. The van der Waals surface area contributed by atoms with E-state index in [1.165, 1.54) is 7.11 Å². The van der Waals surface area contributed by atoms with E-state index in [1.54, 1.807) is 18.3 Å². The number of carbonyl (C=O) groups excluding carboxylic acids is 1. The van der Waals surface area contributed by atoms with E-state index in [2.05, 4.69) is 11.6 Å². The minimum absolute atomic E-state index is 0.433. The second kappa shape index (κ2) is 3.67. The summed E-state index contributed by atoms with van der Waals surface area (Å²) < 4.78 is 4.85. The SMILES string of the molecule is C=Cc1cnc(OC)cc1C=O. The fourth-order valence-corrected chi connectivity index (χ4v) is 0.846. The molecule has 3 nitrogen and oxygen atoms in total. The summed E-state index contributed by atoms with van der Waals surface area (Å²) in [7, 11) is 1.50. The van der Waals surface area contributed by atoms with Crippen molar-refractivity contribution in [2.45, 2.75) is 0 Å². The first-order chi connectivity index (χ1) is 5.81. The molecular formula is C9H9NO2. The van der Waals surface area contributed by atoms with Gasteiger partial charge in [-0.05, 0) is 0 Å². The van der Waals surface area contributed by atoms with Crippen LogP contribution in [0.4, 0.5) is 0 Å². The third-order valence-electron chi connectivity index (χ3n) is 1.50. The lowest BCUT2D eigenvalue weighted by Crippen LogP contribution is -1.92. The Hall–Kier alpha value is -1.64. The summed E-state index contributed by atoms with van der Waals surface area (Å²) in [5, 5.41) is 0. The van der Waals surface area contributed by atoms with E-state index in [0.717, 1.165) is 6.29 Å². The number of carbonyl (C=O) groups is 1. The maximum Gasteiger partial charge on any atom is 0.213 e. The van der Waals surface area contributed by atoms with E-state index < -0.39 is 0 Å². The molecule has 62 valence electrons. The van der Waals surface area contributed by atoms with Gasteiger partial charge < -0.3 is 4.74 Å². The van der Waals surface area contributed by atoms with Gasteiger partial charge in [-0.3, -0.25) is 4.79 Å². The van der Waals surface area contributed by atoms with Crippen LogP contribution < -0.4 is 4.74 Å². The molecule has 12 heavy (non-hydrogen) atoms. The third kappa shape index (κ3) is 1.50. The predicted octanol–water partition coefficient (Wildman–Crippen LogP) is 1.55. The molecule has 0 unspecified atom stereocenters. The number of aromatic nitrogens is 1. The maximum absolute atomic E-state index is 10.5.